The summed E-state index contributed by atoms with van der Waals surface area (Å²) in [7, 11) is 1.36. The second kappa shape index (κ2) is 5.02. The van der Waals surface area contributed by atoms with Crippen LogP contribution >= 0.6 is 0 Å². The van der Waals surface area contributed by atoms with Gasteiger partial charge in [0.15, 0.2) is 5.75 Å². The Bertz CT molecular complexity index is 608. The van der Waals surface area contributed by atoms with E-state index in [1.165, 1.54) is 30.1 Å². The van der Waals surface area contributed by atoms with Crippen LogP contribution < -0.4 is 4.74 Å². The molecule has 19 heavy (non-hydrogen) atoms. The van der Waals surface area contributed by atoms with Crippen molar-refractivity contribution in [2.24, 2.45) is 0 Å². The lowest BCUT2D eigenvalue weighted by atomic mass is 10.2. The van der Waals surface area contributed by atoms with Gasteiger partial charge >= 0.3 is 5.69 Å². The molecule has 2 rings (SSSR count). The number of methoxy groups -OCH3 is 1. The molecule has 0 aliphatic rings. The van der Waals surface area contributed by atoms with Gasteiger partial charge < -0.3 is 9.84 Å². The van der Waals surface area contributed by atoms with Gasteiger partial charge in [0.2, 0.25) is 0 Å². The van der Waals surface area contributed by atoms with Gasteiger partial charge in [0.1, 0.15) is 5.69 Å². The fraction of sp³-hybridized carbons (Fsp3) is 0.273. The monoisotopic (exact) mass is 264 g/mol. The van der Waals surface area contributed by atoms with E-state index >= 15 is 0 Å². The molecule has 0 amide bonds. The fourth-order valence-electron chi connectivity index (χ4n) is 1.56. The number of aliphatic hydroxyl groups is 1. The molecule has 2 aromatic rings. The predicted octanol–water partition coefficient (Wildman–Crippen LogP) is 1.24. The van der Waals surface area contributed by atoms with Crippen molar-refractivity contribution in [2.45, 2.75) is 13.0 Å². The van der Waals surface area contributed by atoms with Gasteiger partial charge in [0, 0.05) is 6.07 Å². The van der Waals surface area contributed by atoms with E-state index in [0.29, 0.717) is 11.4 Å². The van der Waals surface area contributed by atoms with Crippen LogP contribution in [0, 0.1) is 10.1 Å². The summed E-state index contributed by atoms with van der Waals surface area (Å²) in [5, 5.41) is 27.9. The van der Waals surface area contributed by atoms with Gasteiger partial charge in [-0.1, -0.05) is 5.21 Å². The van der Waals surface area contributed by atoms with Crippen LogP contribution in [-0.4, -0.2) is 32.1 Å². The van der Waals surface area contributed by atoms with Crippen molar-refractivity contribution in [1.82, 2.24) is 15.0 Å². The molecule has 8 nitrogen and oxygen atoms in total. The van der Waals surface area contributed by atoms with Crippen molar-refractivity contribution in [3.05, 3.63) is 40.2 Å². The van der Waals surface area contributed by atoms with E-state index in [1.54, 1.807) is 13.0 Å². The number of nitrogens with zero attached hydrogens (tertiary/aromatic N) is 4. The van der Waals surface area contributed by atoms with E-state index in [2.05, 4.69) is 10.3 Å². The summed E-state index contributed by atoms with van der Waals surface area (Å²) in [4.78, 5) is 10.4. The van der Waals surface area contributed by atoms with Gasteiger partial charge in [0.05, 0.1) is 30.0 Å². The van der Waals surface area contributed by atoms with Crippen molar-refractivity contribution in [2.75, 3.05) is 7.11 Å². The number of nitro groups is 1. The predicted molar refractivity (Wildman–Crippen MR) is 65.2 cm³/mol. The highest BCUT2D eigenvalue weighted by atomic mass is 16.6. The van der Waals surface area contributed by atoms with Crippen molar-refractivity contribution in [1.29, 1.82) is 0 Å². The molecule has 1 heterocycles. The summed E-state index contributed by atoms with van der Waals surface area (Å²) in [5.41, 5.74) is 0.694. The normalized spacial score (nSPS) is 12.2. The number of nitro benzene ring substituents is 1. The number of ether oxygens (including phenoxy) is 1. The van der Waals surface area contributed by atoms with E-state index in [1.807, 2.05) is 0 Å². The number of hydrogen-bond donors (Lipinski definition) is 1. The Morgan fingerprint density at radius 1 is 1.53 bits per heavy atom. The quantitative estimate of drug-likeness (QED) is 0.658. The lowest BCUT2D eigenvalue weighted by Crippen LogP contribution is -1.99. The van der Waals surface area contributed by atoms with E-state index < -0.39 is 11.0 Å². The van der Waals surface area contributed by atoms with Crippen LogP contribution in [0.25, 0.3) is 5.69 Å². The maximum atomic E-state index is 10.9. The highest BCUT2D eigenvalue weighted by molar-refractivity contribution is 5.53. The zero-order valence-corrected chi connectivity index (χ0v) is 10.3. The summed E-state index contributed by atoms with van der Waals surface area (Å²) in [6, 6.07) is 4.43. The maximum absolute atomic E-state index is 10.9. The summed E-state index contributed by atoms with van der Waals surface area (Å²) in [5.74, 6) is 0.171. The minimum atomic E-state index is -0.748. The maximum Gasteiger partial charge on any atom is 0.313 e. The molecule has 0 fully saturated rings. The van der Waals surface area contributed by atoms with Crippen LogP contribution in [0.4, 0.5) is 5.69 Å². The highest BCUT2D eigenvalue weighted by Crippen LogP contribution is 2.28. The van der Waals surface area contributed by atoms with E-state index in [9.17, 15) is 15.2 Å². The summed E-state index contributed by atoms with van der Waals surface area (Å²) in [6.45, 7) is 1.56. The molecule has 0 aliphatic heterocycles. The fourth-order valence-corrected chi connectivity index (χ4v) is 1.56. The van der Waals surface area contributed by atoms with E-state index in [4.69, 9.17) is 4.74 Å². The van der Waals surface area contributed by atoms with Crippen LogP contribution in [-0.2, 0) is 0 Å². The third kappa shape index (κ3) is 2.52. The molecule has 0 aliphatic carbocycles. The molecule has 0 spiro atoms. The Labute approximate surface area is 108 Å². The molecule has 0 saturated heterocycles. The lowest BCUT2D eigenvalue weighted by molar-refractivity contribution is -0.385. The minimum Gasteiger partial charge on any atom is -0.490 e. The van der Waals surface area contributed by atoms with Crippen molar-refractivity contribution < 1.29 is 14.8 Å². The first kappa shape index (κ1) is 13.0. The van der Waals surface area contributed by atoms with E-state index in [0.717, 1.165) is 0 Å². The topological polar surface area (TPSA) is 103 Å². The van der Waals surface area contributed by atoms with Gasteiger partial charge in [0.25, 0.3) is 0 Å². The van der Waals surface area contributed by atoms with Gasteiger partial charge in [-0.25, -0.2) is 4.68 Å². The van der Waals surface area contributed by atoms with Crippen LogP contribution in [0.5, 0.6) is 5.75 Å². The number of rotatable bonds is 4. The number of aliphatic hydroxyl groups excluding tert-OH is 1. The SMILES string of the molecule is COc1ccc(-n2cc(C(C)O)nn2)cc1[N+](=O)[O-]. The molecule has 8 heteroatoms. The van der Waals surface area contributed by atoms with Crippen LogP contribution in [0.1, 0.15) is 18.7 Å². The van der Waals surface area contributed by atoms with Gasteiger partial charge in [-0.15, -0.1) is 5.10 Å². The van der Waals surface area contributed by atoms with Crippen LogP contribution in [0.15, 0.2) is 24.4 Å². The zero-order chi connectivity index (χ0) is 14.0. The average Bonchev–Trinajstić information content (AvgIpc) is 2.87. The molecule has 1 unspecified atom stereocenters. The number of aromatic nitrogens is 3. The summed E-state index contributed by atoms with van der Waals surface area (Å²) in [6.07, 6.45) is 0.762. The Balaban J connectivity index is 2.44. The van der Waals surface area contributed by atoms with Crippen molar-refractivity contribution in [3.8, 4) is 11.4 Å². The summed E-state index contributed by atoms with van der Waals surface area (Å²) < 4.78 is 6.27. The van der Waals surface area contributed by atoms with Crippen LogP contribution in [0.3, 0.4) is 0 Å². The standard InChI is InChI=1S/C11H12N4O4/c1-7(16)9-6-14(13-12-9)8-3-4-11(19-2)10(5-8)15(17)18/h3-7,16H,1-2H3. The Kier molecular flexibility index (Phi) is 3.43. The molecule has 1 aromatic heterocycles. The first-order valence-corrected chi connectivity index (χ1v) is 5.46. The number of hydrogen-bond acceptors (Lipinski definition) is 6. The van der Waals surface area contributed by atoms with Crippen molar-refractivity contribution >= 4 is 5.69 Å². The first-order chi connectivity index (χ1) is 9.02. The Hall–Kier alpha value is -2.48. The molecule has 1 aromatic carbocycles. The molecular formula is C11H12N4O4. The van der Waals surface area contributed by atoms with Gasteiger partial charge in [-0.05, 0) is 19.1 Å². The average molecular weight is 264 g/mol. The highest BCUT2D eigenvalue weighted by Gasteiger charge is 2.17. The molecule has 0 radical (unpaired) electrons. The molecule has 1 atom stereocenters. The molecule has 0 saturated carbocycles. The second-order valence-corrected chi connectivity index (χ2v) is 3.88. The molecule has 1 N–H and O–H groups in total. The zero-order valence-electron chi connectivity index (χ0n) is 10.3. The smallest absolute Gasteiger partial charge is 0.313 e. The third-order valence-corrected chi connectivity index (χ3v) is 2.56. The van der Waals surface area contributed by atoms with Gasteiger partial charge in [-0.2, -0.15) is 0 Å². The van der Waals surface area contributed by atoms with E-state index in [-0.39, 0.29) is 11.4 Å². The molecule has 100 valence electrons. The molecule has 0 bridgehead atoms. The first-order valence-electron chi connectivity index (χ1n) is 5.46. The van der Waals surface area contributed by atoms with Gasteiger partial charge in [-0.3, -0.25) is 10.1 Å². The lowest BCUT2D eigenvalue weighted by Gasteiger charge is -2.04. The summed E-state index contributed by atoms with van der Waals surface area (Å²) >= 11 is 0. The van der Waals surface area contributed by atoms with Crippen LogP contribution in [0.2, 0.25) is 0 Å². The van der Waals surface area contributed by atoms with Crippen molar-refractivity contribution in [3.63, 3.8) is 0 Å². The number of benzene rings is 1. The Morgan fingerprint density at radius 3 is 2.79 bits per heavy atom. The second-order valence-electron chi connectivity index (χ2n) is 3.88. The molecular weight excluding hydrogens is 252 g/mol. The largest absolute Gasteiger partial charge is 0.490 e. The minimum absolute atomic E-state index is 0.158. The Morgan fingerprint density at radius 2 is 2.26 bits per heavy atom. The third-order valence-electron chi connectivity index (χ3n) is 2.56.